The number of amides is 1. The van der Waals surface area contributed by atoms with E-state index in [1.165, 1.54) is 29.8 Å². The van der Waals surface area contributed by atoms with Crippen molar-refractivity contribution in [1.29, 1.82) is 0 Å². The molecule has 0 unspecified atom stereocenters. The van der Waals surface area contributed by atoms with Gasteiger partial charge in [0, 0.05) is 18.4 Å². The van der Waals surface area contributed by atoms with Crippen LogP contribution in [0.1, 0.15) is 17.4 Å². The van der Waals surface area contributed by atoms with Crippen molar-refractivity contribution < 1.29 is 34.4 Å². The molecule has 0 saturated carbocycles. The van der Waals surface area contributed by atoms with Crippen LogP contribution in [0.2, 0.25) is 0 Å². The van der Waals surface area contributed by atoms with E-state index in [1.54, 1.807) is 18.2 Å². The number of aliphatic hydroxyl groups excluding tert-OH is 2. The van der Waals surface area contributed by atoms with Crippen molar-refractivity contribution in [2.75, 3.05) is 39.3 Å². The fourth-order valence-corrected chi connectivity index (χ4v) is 4.42. The number of nitrogens with zero attached hydrogens (tertiary/aromatic N) is 1. The molecule has 2 rings (SSSR count). The second-order valence-electron chi connectivity index (χ2n) is 6.67. The van der Waals surface area contributed by atoms with Gasteiger partial charge in [-0.3, -0.25) is 4.79 Å². The number of aromatic hydroxyl groups is 1. The van der Waals surface area contributed by atoms with E-state index in [4.69, 9.17) is 9.47 Å². The molecule has 0 radical (unpaired) electrons. The molecule has 0 spiro atoms. The maximum Gasteiger partial charge on any atom is 0.329 e. The summed E-state index contributed by atoms with van der Waals surface area (Å²) < 4.78 is 10.3. The average molecular weight is 681 g/mol. The van der Waals surface area contributed by atoms with Gasteiger partial charge in [0.2, 0.25) is 0 Å². The molecule has 1 heterocycles. The van der Waals surface area contributed by atoms with Gasteiger partial charge >= 0.3 is 5.97 Å². The molecule has 1 aromatic carbocycles. The number of ether oxygens (including phenoxy) is 2. The number of carbonyl (C=O) groups is 2. The van der Waals surface area contributed by atoms with Crippen molar-refractivity contribution >= 4 is 23.6 Å². The zero-order valence-corrected chi connectivity index (χ0v) is 23.8. The van der Waals surface area contributed by atoms with Crippen molar-refractivity contribution in [2.45, 2.75) is 17.8 Å². The number of aliphatic hydroxyl groups is 2. The van der Waals surface area contributed by atoms with Gasteiger partial charge in [0.25, 0.3) is 0 Å². The first-order chi connectivity index (χ1) is 13.4. The first kappa shape index (κ1) is 24.2. The van der Waals surface area contributed by atoms with E-state index in [0.29, 0.717) is 11.3 Å². The van der Waals surface area contributed by atoms with Gasteiger partial charge in [-0.05, 0) is 6.07 Å². The van der Waals surface area contributed by atoms with Gasteiger partial charge in [-0.25, -0.2) is 4.79 Å². The summed E-state index contributed by atoms with van der Waals surface area (Å²) in [6, 6.07) is 5.79. The molecular formula is C19H26HsNO7S-. The molecule has 0 bridgehead atoms. The maximum atomic E-state index is 12.7. The zero-order valence-electron chi connectivity index (χ0n) is 16.5. The van der Waals surface area contributed by atoms with Crippen LogP contribution in [0, 0.1) is 12.3 Å². The monoisotopic (exact) mass is 681 g/mol. The Kier molecular flexibility index (Phi) is 8.90. The Bertz CT molecular complexity index is 686. The largest absolute Gasteiger partial charge is 0.508 e. The van der Waals surface area contributed by atoms with Gasteiger partial charge in [0.1, 0.15) is 23.8 Å². The van der Waals surface area contributed by atoms with Crippen LogP contribution in [0.4, 0.5) is 0 Å². The molecule has 1 aromatic rings. The number of esters is 1. The molecular weight excluding hydrogens is 655 g/mol. The second-order valence-corrected chi connectivity index (χ2v) is 7.78. The van der Waals surface area contributed by atoms with E-state index in [0.717, 1.165) is 0 Å². The Balaban J connectivity index is 0.00000420. The van der Waals surface area contributed by atoms with E-state index < -0.39 is 36.0 Å². The summed E-state index contributed by atoms with van der Waals surface area (Å²) in [6.45, 7) is 2.52. The number of para-hydroxylation sites is 1. The van der Waals surface area contributed by atoms with Gasteiger partial charge in [0.15, 0.2) is 5.91 Å². The summed E-state index contributed by atoms with van der Waals surface area (Å²) >= 11 is 1.35. The van der Waals surface area contributed by atoms with Gasteiger partial charge in [-0.2, -0.15) is 0 Å². The third-order valence-electron chi connectivity index (χ3n) is 4.62. The van der Waals surface area contributed by atoms with Gasteiger partial charge in [-0.1, -0.05) is 18.2 Å². The smallest absolute Gasteiger partial charge is 0.329 e. The molecule has 1 amide bonds. The van der Waals surface area contributed by atoms with Crippen LogP contribution in [0.15, 0.2) is 24.3 Å². The Morgan fingerprint density at radius 2 is 1.93 bits per heavy atom. The summed E-state index contributed by atoms with van der Waals surface area (Å²) in [5.41, 5.74) is -0.585. The van der Waals surface area contributed by atoms with Crippen molar-refractivity contribution in [1.82, 2.24) is 4.90 Å². The molecule has 0 aliphatic carbocycles. The maximum absolute atomic E-state index is 12.7. The van der Waals surface area contributed by atoms with E-state index in [9.17, 15) is 24.9 Å². The number of methoxy groups -OCH3 is 1. The quantitative estimate of drug-likeness (QED) is 0.258. The average Bonchev–Trinajstić information content (AvgIpc) is 3.15. The SMILES string of the molecule is [CH2-]CC(=O)N1[C@@H](c2ccccc2O)SC[C@H]1C(=O)OCC(CO)(CO)COC.[Hs]. The third kappa shape index (κ3) is 5.17. The molecule has 1 aliphatic heterocycles. The zero-order chi connectivity index (χ0) is 20.7. The fraction of sp³-hybridized carbons (Fsp3) is 0.526. The number of benzene rings is 1. The molecule has 1 fully saturated rings. The molecule has 0 aromatic heterocycles. The van der Waals surface area contributed by atoms with Crippen LogP contribution in [0.25, 0.3) is 0 Å². The predicted molar refractivity (Wildman–Crippen MR) is 103 cm³/mol. The second kappa shape index (κ2) is 10.7. The number of phenolic OH excluding ortho intramolecular Hbond substituents is 1. The Hall–Kier alpha value is -2.81. The van der Waals surface area contributed by atoms with Gasteiger partial charge in [-0.15, -0.1) is 18.2 Å². The van der Waals surface area contributed by atoms with Crippen LogP contribution in [0.3, 0.4) is 0 Å². The number of rotatable bonds is 9. The minimum absolute atomic E-state index is 0. The van der Waals surface area contributed by atoms with Crippen molar-refractivity contribution in [2.24, 2.45) is 5.41 Å². The summed E-state index contributed by atoms with van der Waals surface area (Å²) in [7, 11) is 1.42. The predicted octanol–water partition coefficient (Wildman–Crippen LogP) is 0.720. The standard InChI is InChI=1S/C19H26NO7S.Hs/c1-3-16(24)20-14(8-28-17(20)13-6-4-5-7-15(13)23)18(25)27-12-19(9-21,10-22)11-26-2;/h4-7,14,17,21-23H,1,3,8-12H2,2H3;/q-1;/t14-,17+;/m0./s1. The van der Waals surface area contributed by atoms with E-state index in [1.807, 2.05) is 0 Å². The molecule has 3 N–H and O–H groups in total. The molecule has 158 valence electrons. The summed E-state index contributed by atoms with van der Waals surface area (Å²) in [5.74, 6) is -0.656. The molecule has 1 saturated heterocycles. The summed E-state index contributed by atoms with van der Waals surface area (Å²) in [4.78, 5) is 26.6. The number of hydrogen-bond donors (Lipinski definition) is 3. The topological polar surface area (TPSA) is 117 Å². The van der Waals surface area contributed by atoms with Crippen LogP contribution < -0.4 is 0 Å². The van der Waals surface area contributed by atoms with Crippen molar-refractivity contribution in [3.63, 3.8) is 0 Å². The first-order valence-corrected chi connectivity index (χ1v) is 9.85. The molecule has 29 heavy (non-hydrogen) atoms. The number of hydrogen-bond acceptors (Lipinski definition) is 8. The Morgan fingerprint density at radius 3 is 2.48 bits per heavy atom. The van der Waals surface area contributed by atoms with Crippen LogP contribution >= 0.6 is 11.8 Å². The van der Waals surface area contributed by atoms with Crippen LogP contribution in [0.5, 0.6) is 5.75 Å². The fourth-order valence-electron chi connectivity index (χ4n) is 2.96. The number of phenols is 1. The van der Waals surface area contributed by atoms with Gasteiger partial charge < -0.3 is 36.6 Å². The minimum atomic E-state index is -1.12. The van der Waals surface area contributed by atoms with Crippen LogP contribution in [-0.4, -0.2) is 77.4 Å². The van der Waals surface area contributed by atoms with Crippen molar-refractivity contribution in [3.8, 4) is 5.75 Å². The van der Waals surface area contributed by atoms with Crippen LogP contribution in [-0.2, 0) is 19.1 Å². The molecule has 8 nitrogen and oxygen atoms in total. The molecule has 1 aliphatic rings. The number of carbonyl (C=O) groups excluding carboxylic acids is 2. The summed E-state index contributed by atoms with van der Waals surface area (Å²) in [6.07, 6.45) is -0.0463. The van der Waals surface area contributed by atoms with E-state index in [-0.39, 0.29) is 31.3 Å². The van der Waals surface area contributed by atoms with E-state index >= 15 is 0 Å². The Labute approximate surface area is 168 Å². The minimum Gasteiger partial charge on any atom is -0.508 e. The number of thioether (sulfide) groups is 1. The molecule has 2 atom stereocenters. The third-order valence-corrected chi connectivity index (χ3v) is 5.92. The molecule has 10 heteroatoms. The first-order valence-electron chi connectivity index (χ1n) is 8.80. The Morgan fingerprint density at radius 1 is 1.28 bits per heavy atom. The van der Waals surface area contributed by atoms with Gasteiger partial charge in [0.05, 0.1) is 25.2 Å². The van der Waals surface area contributed by atoms with E-state index in [2.05, 4.69) is 6.92 Å². The van der Waals surface area contributed by atoms with Crippen molar-refractivity contribution in [3.05, 3.63) is 36.8 Å². The summed E-state index contributed by atoms with van der Waals surface area (Å²) in [5, 5.41) is 28.7. The normalized spacial score (nSPS) is 19.0.